The zero-order chi connectivity index (χ0) is 15.0. The Kier molecular flexibility index (Phi) is 7.09. The van der Waals surface area contributed by atoms with Gasteiger partial charge in [-0.3, -0.25) is 9.59 Å². The summed E-state index contributed by atoms with van der Waals surface area (Å²) in [6.07, 6.45) is 3.86. The van der Waals surface area contributed by atoms with E-state index in [1.54, 1.807) is 25.1 Å². The molecule has 0 aliphatic rings. The fourth-order valence-corrected chi connectivity index (χ4v) is 1.86. The molecule has 0 saturated carbocycles. The fourth-order valence-electron chi connectivity index (χ4n) is 1.70. The third-order valence-electron chi connectivity index (χ3n) is 2.85. The molecule has 0 aromatic heterocycles. The maximum Gasteiger partial charge on any atom is 0.224 e. The van der Waals surface area contributed by atoms with Crippen LogP contribution in [-0.4, -0.2) is 11.8 Å². The van der Waals surface area contributed by atoms with Crippen LogP contribution in [0.5, 0.6) is 0 Å². The number of rotatable bonds is 7. The maximum absolute atomic E-state index is 11.8. The maximum atomic E-state index is 11.8. The Morgan fingerprint density at radius 1 is 1.10 bits per heavy atom. The van der Waals surface area contributed by atoms with Crippen molar-refractivity contribution in [3.63, 3.8) is 0 Å². The van der Waals surface area contributed by atoms with Crippen molar-refractivity contribution >= 4 is 34.8 Å². The Labute approximate surface area is 124 Å². The molecule has 0 fully saturated rings. The predicted octanol–water partition coefficient (Wildman–Crippen LogP) is 4.21. The minimum absolute atomic E-state index is 0.0562. The third kappa shape index (κ3) is 5.61. The number of amides is 2. The SMILES string of the molecule is CCCCCC(=O)Nc1cc(NC(=O)CC)ccc1Cl. The molecule has 0 unspecified atom stereocenters. The zero-order valence-corrected chi connectivity index (χ0v) is 12.7. The van der Waals surface area contributed by atoms with Crippen molar-refractivity contribution in [2.75, 3.05) is 10.6 Å². The number of anilines is 2. The van der Waals surface area contributed by atoms with Crippen LogP contribution in [0, 0.1) is 0 Å². The zero-order valence-electron chi connectivity index (χ0n) is 12.0. The number of carbonyl (C=O) groups excluding carboxylic acids is 2. The molecule has 0 atom stereocenters. The van der Waals surface area contributed by atoms with Gasteiger partial charge in [0.05, 0.1) is 10.7 Å². The first-order valence-corrected chi connectivity index (χ1v) is 7.33. The highest BCUT2D eigenvalue weighted by Gasteiger charge is 2.08. The average molecular weight is 297 g/mol. The van der Waals surface area contributed by atoms with Crippen LogP contribution in [0.25, 0.3) is 0 Å². The molecule has 0 aliphatic heterocycles. The van der Waals surface area contributed by atoms with Crippen LogP contribution >= 0.6 is 11.6 Å². The summed E-state index contributed by atoms with van der Waals surface area (Å²) in [5.41, 5.74) is 1.16. The predicted molar refractivity (Wildman–Crippen MR) is 83.1 cm³/mol. The summed E-state index contributed by atoms with van der Waals surface area (Å²) in [6.45, 7) is 3.87. The van der Waals surface area contributed by atoms with Gasteiger partial charge >= 0.3 is 0 Å². The Bertz CT molecular complexity index is 475. The topological polar surface area (TPSA) is 58.2 Å². The van der Waals surface area contributed by atoms with Crippen LogP contribution in [0.1, 0.15) is 46.0 Å². The highest BCUT2D eigenvalue weighted by atomic mass is 35.5. The Morgan fingerprint density at radius 2 is 1.85 bits per heavy atom. The van der Waals surface area contributed by atoms with Gasteiger partial charge in [-0.1, -0.05) is 38.3 Å². The van der Waals surface area contributed by atoms with E-state index in [4.69, 9.17) is 11.6 Å². The van der Waals surface area contributed by atoms with Crippen LogP contribution in [0.15, 0.2) is 18.2 Å². The van der Waals surface area contributed by atoms with Gasteiger partial charge in [-0.2, -0.15) is 0 Å². The molecule has 0 aliphatic carbocycles. The molecule has 1 rings (SSSR count). The molecule has 20 heavy (non-hydrogen) atoms. The van der Waals surface area contributed by atoms with Crippen molar-refractivity contribution in [1.29, 1.82) is 0 Å². The summed E-state index contributed by atoms with van der Waals surface area (Å²) in [5, 5.41) is 5.98. The van der Waals surface area contributed by atoms with E-state index in [0.29, 0.717) is 29.2 Å². The molecule has 0 saturated heterocycles. The Morgan fingerprint density at radius 3 is 2.50 bits per heavy atom. The largest absolute Gasteiger partial charge is 0.326 e. The lowest BCUT2D eigenvalue weighted by atomic mass is 10.2. The number of benzene rings is 1. The monoisotopic (exact) mass is 296 g/mol. The van der Waals surface area contributed by atoms with Crippen molar-refractivity contribution < 1.29 is 9.59 Å². The second-order valence-corrected chi connectivity index (χ2v) is 5.01. The standard InChI is InChI=1S/C15H21ClN2O2/c1-3-5-6-7-15(20)18-13-10-11(8-9-12(13)16)17-14(19)4-2/h8-10H,3-7H2,1-2H3,(H,17,19)(H,18,20). The van der Waals surface area contributed by atoms with Gasteiger partial charge < -0.3 is 10.6 Å². The highest BCUT2D eigenvalue weighted by molar-refractivity contribution is 6.33. The quantitative estimate of drug-likeness (QED) is 0.741. The highest BCUT2D eigenvalue weighted by Crippen LogP contribution is 2.26. The van der Waals surface area contributed by atoms with Crippen LogP contribution in [0.3, 0.4) is 0 Å². The van der Waals surface area contributed by atoms with Gasteiger partial charge in [-0.25, -0.2) is 0 Å². The smallest absolute Gasteiger partial charge is 0.224 e. The van der Waals surface area contributed by atoms with Crippen molar-refractivity contribution in [2.24, 2.45) is 0 Å². The van der Waals surface area contributed by atoms with Gasteiger partial charge in [0, 0.05) is 18.5 Å². The number of nitrogens with one attached hydrogen (secondary N) is 2. The van der Waals surface area contributed by atoms with Gasteiger partial charge in [0.1, 0.15) is 0 Å². The van der Waals surface area contributed by atoms with E-state index in [1.807, 2.05) is 0 Å². The fraction of sp³-hybridized carbons (Fsp3) is 0.467. The molecular formula is C15H21ClN2O2. The molecule has 0 spiro atoms. The second kappa shape index (κ2) is 8.59. The Hall–Kier alpha value is -1.55. The average Bonchev–Trinajstić information content (AvgIpc) is 2.42. The molecule has 1 aromatic rings. The first kappa shape index (κ1) is 16.5. The van der Waals surface area contributed by atoms with Gasteiger partial charge in [-0.05, 0) is 24.6 Å². The summed E-state index contributed by atoms with van der Waals surface area (Å²) in [4.78, 5) is 23.1. The minimum Gasteiger partial charge on any atom is -0.326 e. The summed E-state index contributed by atoms with van der Waals surface area (Å²) >= 11 is 6.04. The van der Waals surface area contributed by atoms with Crippen molar-refractivity contribution in [3.8, 4) is 0 Å². The molecule has 1 aromatic carbocycles. The molecule has 2 N–H and O–H groups in total. The van der Waals surface area contributed by atoms with Crippen molar-refractivity contribution in [1.82, 2.24) is 0 Å². The van der Waals surface area contributed by atoms with Gasteiger partial charge in [0.15, 0.2) is 0 Å². The summed E-state index contributed by atoms with van der Waals surface area (Å²) in [6, 6.07) is 5.05. The molecule has 0 heterocycles. The van der Waals surface area contributed by atoms with Gasteiger partial charge in [-0.15, -0.1) is 0 Å². The third-order valence-corrected chi connectivity index (χ3v) is 3.18. The van der Waals surface area contributed by atoms with E-state index in [2.05, 4.69) is 17.6 Å². The molecule has 0 bridgehead atoms. The van der Waals surface area contributed by atoms with E-state index in [-0.39, 0.29) is 11.8 Å². The molecule has 110 valence electrons. The summed E-state index contributed by atoms with van der Waals surface area (Å²) in [5.74, 6) is -0.133. The minimum atomic E-state index is -0.0763. The second-order valence-electron chi connectivity index (χ2n) is 4.60. The molecule has 0 radical (unpaired) electrons. The van der Waals surface area contributed by atoms with Crippen molar-refractivity contribution in [2.45, 2.75) is 46.0 Å². The van der Waals surface area contributed by atoms with Crippen LogP contribution < -0.4 is 10.6 Å². The van der Waals surface area contributed by atoms with Crippen LogP contribution in [-0.2, 0) is 9.59 Å². The van der Waals surface area contributed by atoms with E-state index in [1.165, 1.54) is 0 Å². The van der Waals surface area contributed by atoms with Crippen molar-refractivity contribution in [3.05, 3.63) is 23.2 Å². The number of halogens is 1. The summed E-state index contributed by atoms with van der Waals surface area (Å²) < 4.78 is 0. The first-order valence-electron chi connectivity index (χ1n) is 6.96. The lowest BCUT2D eigenvalue weighted by molar-refractivity contribution is -0.116. The van der Waals surface area contributed by atoms with E-state index >= 15 is 0 Å². The van der Waals surface area contributed by atoms with Crippen LogP contribution in [0.2, 0.25) is 5.02 Å². The first-order chi connectivity index (χ1) is 9.56. The van der Waals surface area contributed by atoms with Gasteiger partial charge in [0.25, 0.3) is 0 Å². The summed E-state index contributed by atoms with van der Waals surface area (Å²) in [7, 11) is 0. The molecular weight excluding hydrogens is 276 g/mol. The molecule has 2 amide bonds. The Balaban J connectivity index is 2.66. The molecule has 4 nitrogen and oxygen atoms in total. The van der Waals surface area contributed by atoms with E-state index in [9.17, 15) is 9.59 Å². The lowest BCUT2D eigenvalue weighted by Gasteiger charge is -2.10. The van der Waals surface area contributed by atoms with Crippen LogP contribution in [0.4, 0.5) is 11.4 Å². The molecule has 5 heteroatoms. The number of carbonyl (C=O) groups is 2. The van der Waals surface area contributed by atoms with E-state index in [0.717, 1.165) is 19.3 Å². The number of hydrogen-bond acceptors (Lipinski definition) is 2. The normalized spacial score (nSPS) is 10.2. The lowest BCUT2D eigenvalue weighted by Crippen LogP contribution is -2.13. The number of unbranched alkanes of at least 4 members (excludes halogenated alkanes) is 2. The van der Waals surface area contributed by atoms with E-state index < -0.39 is 0 Å². The number of hydrogen-bond donors (Lipinski definition) is 2. The van der Waals surface area contributed by atoms with Gasteiger partial charge in [0.2, 0.25) is 11.8 Å².